The highest BCUT2D eigenvalue weighted by atomic mass is 16.1. The summed E-state index contributed by atoms with van der Waals surface area (Å²) >= 11 is 0. The number of fused-ring (bicyclic) bond motifs is 9. The predicted octanol–water partition coefficient (Wildman–Crippen LogP) is 3.31. The first-order chi connectivity index (χ1) is 8.22. The third kappa shape index (κ3) is 1.09. The van der Waals surface area contributed by atoms with E-state index in [0.29, 0.717) is 17.6 Å². The van der Waals surface area contributed by atoms with E-state index in [0.717, 1.165) is 35.5 Å². The standard InChI is InChI=1S/C16H22O/c1-3-11-12-7-13(14(11)8(2)17)16-10-5-4-9(6-10)15(12)16/h4-5,9-16H,3,6-7H2,1-2H3. The molecular weight excluding hydrogens is 208 g/mol. The summed E-state index contributed by atoms with van der Waals surface area (Å²) in [5.74, 6) is 6.78. The first kappa shape index (κ1) is 10.3. The molecule has 0 spiro atoms. The molecule has 1 nitrogen and oxygen atoms in total. The van der Waals surface area contributed by atoms with Crippen LogP contribution in [0.15, 0.2) is 12.2 Å². The van der Waals surface area contributed by atoms with E-state index in [9.17, 15) is 4.79 Å². The fourth-order valence-corrected chi connectivity index (χ4v) is 6.32. The summed E-state index contributed by atoms with van der Waals surface area (Å²) in [6.07, 6.45) is 8.94. The van der Waals surface area contributed by atoms with Gasteiger partial charge in [0.2, 0.25) is 0 Å². The Morgan fingerprint density at radius 2 is 1.76 bits per heavy atom. The van der Waals surface area contributed by atoms with Gasteiger partial charge < -0.3 is 0 Å². The molecule has 8 atom stereocenters. The molecule has 4 rings (SSSR count). The average Bonchev–Trinajstić information content (AvgIpc) is 3.03. The topological polar surface area (TPSA) is 17.1 Å². The SMILES string of the molecule is CCC1C2CC(C1C(C)=O)C1C3C=CC(C3)C21. The van der Waals surface area contributed by atoms with Gasteiger partial charge in [-0.05, 0) is 61.2 Å². The molecule has 4 aliphatic carbocycles. The fourth-order valence-electron chi connectivity index (χ4n) is 6.32. The minimum Gasteiger partial charge on any atom is -0.300 e. The Bertz CT molecular complexity index is 396. The van der Waals surface area contributed by atoms with Crippen molar-refractivity contribution in [2.24, 2.45) is 47.3 Å². The molecule has 0 saturated heterocycles. The third-order valence-corrected chi connectivity index (χ3v) is 6.53. The second-order valence-corrected chi connectivity index (χ2v) is 6.87. The second kappa shape index (κ2) is 3.24. The molecule has 3 saturated carbocycles. The lowest BCUT2D eigenvalue weighted by Gasteiger charge is -2.40. The number of hydrogen-bond donors (Lipinski definition) is 0. The van der Waals surface area contributed by atoms with E-state index in [1.54, 1.807) is 0 Å². The van der Waals surface area contributed by atoms with Crippen LogP contribution in [-0.4, -0.2) is 5.78 Å². The number of allylic oxidation sites excluding steroid dienone is 2. The molecule has 8 unspecified atom stereocenters. The Balaban J connectivity index is 1.73. The highest BCUT2D eigenvalue weighted by Crippen LogP contribution is 2.69. The minimum absolute atomic E-state index is 0.416. The van der Waals surface area contributed by atoms with E-state index in [1.807, 2.05) is 6.92 Å². The Hall–Kier alpha value is -0.590. The van der Waals surface area contributed by atoms with Gasteiger partial charge in [-0.25, -0.2) is 0 Å². The number of ketones is 1. The Kier molecular flexibility index (Phi) is 1.97. The van der Waals surface area contributed by atoms with Gasteiger partial charge in [0.1, 0.15) is 5.78 Å². The molecule has 0 radical (unpaired) electrons. The second-order valence-electron chi connectivity index (χ2n) is 6.87. The van der Waals surface area contributed by atoms with Crippen LogP contribution < -0.4 is 0 Å². The van der Waals surface area contributed by atoms with Crippen LogP contribution in [0.2, 0.25) is 0 Å². The zero-order chi connectivity index (χ0) is 11.7. The maximum Gasteiger partial charge on any atom is 0.133 e. The van der Waals surface area contributed by atoms with Gasteiger partial charge in [0, 0.05) is 5.92 Å². The van der Waals surface area contributed by atoms with Crippen molar-refractivity contribution in [3.05, 3.63) is 12.2 Å². The normalized spacial score (nSPS) is 57.8. The van der Waals surface area contributed by atoms with Crippen LogP contribution in [0, 0.1) is 47.3 Å². The van der Waals surface area contributed by atoms with Gasteiger partial charge in [-0.1, -0.05) is 25.5 Å². The minimum atomic E-state index is 0.416. The molecule has 0 aliphatic heterocycles. The highest BCUT2D eigenvalue weighted by molar-refractivity contribution is 5.79. The van der Waals surface area contributed by atoms with Gasteiger partial charge in [0.15, 0.2) is 0 Å². The van der Waals surface area contributed by atoms with Crippen LogP contribution in [0.3, 0.4) is 0 Å². The summed E-state index contributed by atoms with van der Waals surface area (Å²) in [5.41, 5.74) is 0. The molecule has 0 heterocycles. The Labute approximate surface area is 104 Å². The summed E-state index contributed by atoms with van der Waals surface area (Å²) in [7, 11) is 0. The first-order valence-electron chi connectivity index (χ1n) is 7.41. The molecule has 17 heavy (non-hydrogen) atoms. The van der Waals surface area contributed by atoms with E-state index in [1.165, 1.54) is 19.3 Å². The van der Waals surface area contributed by atoms with Crippen molar-refractivity contribution < 1.29 is 4.79 Å². The van der Waals surface area contributed by atoms with E-state index < -0.39 is 0 Å². The molecule has 0 N–H and O–H groups in total. The van der Waals surface area contributed by atoms with Gasteiger partial charge in [0.05, 0.1) is 0 Å². The molecule has 92 valence electrons. The van der Waals surface area contributed by atoms with Crippen LogP contribution in [0.4, 0.5) is 0 Å². The summed E-state index contributed by atoms with van der Waals surface area (Å²) in [6, 6.07) is 0. The van der Waals surface area contributed by atoms with Gasteiger partial charge in [-0.2, -0.15) is 0 Å². The van der Waals surface area contributed by atoms with Crippen molar-refractivity contribution in [3.8, 4) is 0 Å². The van der Waals surface area contributed by atoms with Gasteiger partial charge in [-0.3, -0.25) is 4.79 Å². The van der Waals surface area contributed by atoms with E-state index in [-0.39, 0.29) is 0 Å². The highest BCUT2D eigenvalue weighted by Gasteiger charge is 2.64. The van der Waals surface area contributed by atoms with Gasteiger partial charge in [0.25, 0.3) is 0 Å². The van der Waals surface area contributed by atoms with Crippen molar-refractivity contribution in [3.63, 3.8) is 0 Å². The lowest BCUT2D eigenvalue weighted by molar-refractivity contribution is -0.125. The summed E-state index contributed by atoms with van der Waals surface area (Å²) < 4.78 is 0. The van der Waals surface area contributed by atoms with E-state index >= 15 is 0 Å². The molecule has 4 bridgehead atoms. The predicted molar refractivity (Wildman–Crippen MR) is 67.3 cm³/mol. The van der Waals surface area contributed by atoms with Crippen LogP contribution in [-0.2, 0) is 4.79 Å². The van der Waals surface area contributed by atoms with Crippen molar-refractivity contribution in [1.82, 2.24) is 0 Å². The molecule has 0 aromatic heterocycles. The van der Waals surface area contributed by atoms with Gasteiger partial charge in [-0.15, -0.1) is 0 Å². The van der Waals surface area contributed by atoms with E-state index in [2.05, 4.69) is 19.1 Å². The molecule has 1 heteroatoms. The van der Waals surface area contributed by atoms with E-state index in [4.69, 9.17) is 0 Å². The largest absolute Gasteiger partial charge is 0.300 e. The first-order valence-corrected chi connectivity index (χ1v) is 7.41. The van der Waals surface area contributed by atoms with Crippen LogP contribution in [0.5, 0.6) is 0 Å². The lowest BCUT2D eigenvalue weighted by atomic mass is 9.63. The quantitative estimate of drug-likeness (QED) is 0.525. The fraction of sp³-hybridized carbons (Fsp3) is 0.812. The van der Waals surface area contributed by atoms with Crippen molar-refractivity contribution in [1.29, 1.82) is 0 Å². The molecule has 3 fully saturated rings. The van der Waals surface area contributed by atoms with Crippen LogP contribution >= 0.6 is 0 Å². The van der Waals surface area contributed by atoms with Crippen molar-refractivity contribution in [2.45, 2.75) is 33.1 Å². The van der Waals surface area contributed by atoms with Crippen LogP contribution in [0.1, 0.15) is 33.1 Å². The number of hydrogen-bond acceptors (Lipinski definition) is 1. The lowest BCUT2D eigenvalue weighted by Crippen LogP contribution is -2.39. The maximum absolute atomic E-state index is 12.0. The van der Waals surface area contributed by atoms with Crippen LogP contribution in [0.25, 0.3) is 0 Å². The zero-order valence-electron chi connectivity index (χ0n) is 10.8. The third-order valence-electron chi connectivity index (χ3n) is 6.53. The number of carbonyl (C=O) groups is 1. The Morgan fingerprint density at radius 3 is 2.35 bits per heavy atom. The molecule has 0 amide bonds. The molecule has 0 aromatic carbocycles. The number of carbonyl (C=O) groups excluding carboxylic acids is 1. The molecule has 4 aliphatic rings. The summed E-state index contributed by atoms with van der Waals surface area (Å²) in [6.45, 7) is 4.13. The molecule has 0 aromatic rings. The smallest absolute Gasteiger partial charge is 0.133 e. The maximum atomic E-state index is 12.0. The molecular formula is C16H22O. The van der Waals surface area contributed by atoms with Gasteiger partial charge >= 0.3 is 0 Å². The Morgan fingerprint density at radius 1 is 1.12 bits per heavy atom. The van der Waals surface area contributed by atoms with Crippen molar-refractivity contribution in [2.75, 3.05) is 0 Å². The van der Waals surface area contributed by atoms with Crippen molar-refractivity contribution >= 4 is 5.78 Å². The number of Topliss-reactive ketones (excluding diaryl/α,β-unsaturated/α-hetero) is 1. The average molecular weight is 230 g/mol. The summed E-state index contributed by atoms with van der Waals surface area (Å²) in [4.78, 5) is 12.0. The monoisotopic (exact) mass is 230 g/mol. The number of rotatable bonds is 2. The summed E-state index contributed by atoms with van der Waals surface area (Å²) in [5, 5.41) is 0. The zero-order valence-corrected chi connectivity index (χ0v) is 10.8.